The normalized spacial score (nSPS) is 11.7. The highest BCUT2D eigenvalue weighted by Gasteiger charge is 2.27. The quantitative estimate of drug-likeness (QED) is 0.188. The van der Waals surface area contributed by atoms with Crippen LogP contribution in [-0.2, 0) is 11.3 Å². The summed E-state index contributed by atoms with van der Waals surface area (Å²) in [5, 5.41) is 15.7. The standard InChI is InChI=1S/C27H43N5O4/c1-6-8-9-10-11-12-13-14-15-16-18-32-30-26(29-31-32)22(17-7-2)27(33)28-25-23(35-4)19-21(34-3)20-24(25)36-5/h7,19-20,22H,2,6,8-18H2,1,3-5H3,(H,28,33). The molecule has 9 heteroatoms. The number of amides is 1. The van der Waals surface area contributed by atoms with Crippen LogP contribution in [0.3, 0.4) is 0 Å². The van der Waals surface area contributed by atoms with Gasteiger partial charge in [0, 0.05) is 12.1 Å². The number of benzene rings is 1. The molecule has 0 radical (unpaired) electrons. The molecule has 0 spiro atoms. The number of carbonyl (C=O) groups is 1. The summed E-state index contributed by atoms with van der Waals surface area (Å²) in [5.74, 6) is 0.839. The van der Waals surface area contributed by atoms with Gasteiger partial charge in [-0.1, -0.05) is 70.8 Å². The van der Waals surface area contributed by atoms with Crippen molar-refractivity contribution in [2.24, 2.45) is 0 Å². The number of unbranched alkanes of at least 4 members (excludes halogenated alkanes) is 9. The van der Waals surface area contributed by atoms with Crippen molar-refractivity contribution in [3.63, 3.8) is 0 Å². The fourth-order valence-corrected chi connectivity index (χ4v) is 4.07. The van der Waals surface area contributed by atoms with Gasteiger partial charge in [-0.15, -0.1) is 16.8 Å². The number of aromatic nitrogens is 4. The maximum atomic E-state index is 13.2. The fraction of sp³-hybridized carbons (Fsp3) is 0.630. The van der Waals surface area contributed by atoms with Crippen molar-refractivity contribution in [2.45, 2.75) is 90.0 Å². The summed E-state index contributed by atoms with van der Waals surface area (Å²) < 4.78 is 16.2. The lowest BCUT2D eigenvalue weighted by molar-refractivity contribution is -0.117. The second-order valence-electron chi connectivity index (χ2n) is 8.90. The lowest BCUT2D eigenvalue weighted by atomic mass is 10.0. The predicted molar refractivity (Wildman–Crippen MR) is 142 cm³/mol. The Morgan fingerprint density at radius 3 is 2.08 bits per heavy atom. The third kappa shape index (κ3) is 9.17. The van der Waals surface area contributed by atoms with E-state index in [1.807, 2.05) is 0 Å². The van der Waals surface area contributed by atoms with Crippen LogP contribution >= 0.6 is 0 Å². The third-order valence-electron chi connectivity index (χ3n) is 6.17. The summed E-state index contributed by atoms with van der Waals surface area (Å²) in [5.41, 5.74) is 0.414. The van der Waals surface area contributed by atoms with Crippen molar-refractivity contribution < 1.29 is 19.0 Å². The number of nitrogens with one attached hydrogen (secondary N) is 1. The SMILES string of the molecule is C=CCC(C(=O)Nc1c(OC)cc(OC)cc1OC)c1nnn(CCCCCCCCCCCC)n1. The molecule has 1 aromatic carbocycles. The predicted octanol–water partition coefficient (Wildman–Crippen LogP) is 5.92. The molecular formula is C27H43N5O4. The number of ether oxygens (including phenoxy) is 3. The number of aryl methyl sites for hydroxylation is 1. The maximum Gasteiger partial charge on any atom is 0.235 e. The summed E-state index contributed by atoms with van der Waals surface area (Å²) in [6.45, 7) is 6.72. The summed E-state index contributed by atoms with van der Waals surface area (Å²) in [7, 11) is 4.59. The third-order valence-corrected chi connectivity index (χ3v) is 6.17. The van der Waals surface area contributed by atoms with E-state index in [0.29, 0.717) is 41.7 Å². The lowest BCUT2D eigenvalue weighted by Crippen LogP contribution is -2.23. The van der Waals surface area contributed by atoms with Gasteiger partial charge in [0.15, 0.2) is 5.82 Å². The van der Waals surface area contributed by atoms with Gasteiger partial charge in [0.2, 0.25) is 5.91 Å². The largest absolute Gasteiger partial charge is 0.496 e. The van der Waals surface area contributed by atoms with Gasteiger partial charge in [0.05, 0.1) is 27.9 Å². The highest BCUT2D eigenvalue weighted by atomic mass is 16.5. The zero-order valence-electron chi connectivity index (χ0n) is 22.4. The number of methoxy groups -OCH3 is 3. The van der Waals surface area contributed by atoms with E-state index in [-0.39, 0.29) is 5.91 Å². The van der Waals surface area contributed by atoms with Crippen LogP contribution in [0.5, 0.6) is 17.2 Å². The van der Waals surface area contributed by atoms with Crippen molar-refractivity contribution >= 4 is 11.6 Å². The molecule has 0 fully saturated rings. The van der Waals surface area contributed by atoms with E-state index in [9.17, 15) is 4.79 Å². The number of hydrogen-bond acceptors (Lipinski definition) is 7. The first-order valence-corrected chi connectivity index (χ1v) is 13.1. The van der Waals surface area contributed by atoms with Gasteiger partial charge in [0.25, 0.3) is 0 Å². The van der Waals surface area contributed by atoms with Gasteiger partial charge < -0.3 is 19.5 Å². The monoisotopic (exact) mass is 501 g/mol. The molecule has 0 saturated heterocycles. The number of nitrogens with zero attached hydrogens (tertiary/aromatic N) is 4. The van der Waals surface area contributed by atoms with Gasteiger partial charge in [-0.2, -0.15) is 4.80 Å². The van der Waals surface area contributed by atoms with Gasteiger partial charge in [-0.25, -0.2) is 0 Å². The lowest BCUT2D eigenvalue weighted by Gasteiger charge is -2.18. The van der Waals surface area contributed by atoms with Crippen LogP contribution in [0.2, 0.25) is 0 Å². The van der Waals surface area contributed by atoms with Gasteiger partial charge in [-0.3, -0.25) is 4.79 Å². The smallest absolute Gasteiger partial charge is 0.235 e. The Morgan fingerprint density at radius 1 is 0.972 bits per heavy atom. The summed E-state index contributed by atoms with van der Waals surface area (Å²) in [4.78, 5) is 14.8. The molecule has 1 N–H and O–H groups in total. The molecule has 2 rings (SSSR count). The van der Waals surface area contributed by atoms with E-state index < -0.39 is 5.92 Å². The molecule has 0 aliphatic rings. The van der Waals surface area contributed by atoms with E-state index in [1.54, 1.807) is 30.1 Å². The fourth-order valence-electron chi connectivity index (χ4n) is 4.07. The van der Waals surface area contributed by atoms with E-state index in [2.05, 4.69) is 34.2 Å². The van der Waals surface area contributed by atoms with Crippen molar-refractivity contribution in [2.75, 3.05) is 26.6 Å². The molecule has 200 valence electrons. The van der Waals surface area contributed by atoms with E-state index in [0.717, 1.165) is 12.8 Å². The Hall–Kier alpha value is -3.10. The number of rotatable bonds is 19. The minimum atomic E-state index is -0.638. The van der Waals surface area contributed by atoms with Crippen LogP contribution in [0.1, 0.15) is 89.3 Å². The second-order valence-corrected chi connectivity index (χ2v) is 8.90. The summed E-state index contributed by atoms with van der Waals surface area (Å²) in [6, 6.07) is 3.36. The minimum Gasteiger partial charge on any atom is -0.496 e. The molecule has 9 nitrogen and oxygen atoms in total. The molecule has 0 aliphatic heterocycles. The molecule has 0 aliphatic carbocycles. The number of carbonyl (C=O) groups excluding carboxylic acids is 1. The topological polar surface area (TPSA) is 100 Å². The summed E-state index contributed by atoms with van der Waals surface area (Å²) in [6.07, 6.45) is 14.7. The molecular weight excluding hydrogens is 458 g/mol. The molecule has 0 saturated carbocycles. The Labute approximate surface area is 215 Å². The first-order chi connectivity index (χ1) is 17.6. The number of tetrazole rings is 1. The molecule has 2 aromatic rings. The first kappa shape index (κ1) is 29.1. The second kappa shape index (κ2) is 16.5. The minimum absolute atomic E-state index is 0.296. The van der Waals surface area contributed by atoms with E-state index >= 15 is 0 Å². The van der Waals surface area contributed by atoms with E-state index in [4.69, 9.17) is 14.2 Å². The molecule has 1 heterocycles. The molecule has 1 amide bonds. The van der Waals surface area contributed by atoms with Crippen LogP contribution in [-0.4, -0.2) is 47.4 Å². The molecule has 1 atom stereocenters. The number of anilines is 1. The Balaban J connectivity index is 1.91. The van der Waals surface area contributed by atoms with Gasteiger partial charge >= 0.3 is 0 Å². The van der Waals surface area contributed by atoms with Crippen LogP contribution in [0, 0.1) is 0 Å². The first-order valence-electron chi connectivity index (χ1n) is 13.1. The average Bonchev–Trinajstić information content (AvgIpc) is 3.36. The molecule has 1 aromatic heterocycles. The highest BCUT2D eigenvalue weighted by molar-refractivity contribution is 5.98. The maximum absolute atomic E-state index is 13.2. The van der Waals surface area contributed by atoms with Crippen LogP contribution < -0.4 is 19.5 Å². The highest BCUT2D eigenvalue weighted by Crippen LogP contribution is 2.39. The van der Waals surface area contributed by atoms with Crippen LogP contribution in [0.15, 0.2) is 24.8 Å². The Bertz CT molecular complexity index is 906. The van der Waals surface area contributed by atoms with Crippen molar-refractivity contribution in [1.29, 1.82) is 0 Å². The zero-order chi connectivity index (χ0) is 26.2. The molecule has 1 unspecified atom stereocenters. The van der Waals surface area contributed by atoms with Crippen LogP contribution in [0.4, 0.5) is 5.69 Å². The zero-order valence-corrected chi connectivity index (χ0v) is 22.4. The van der Waals surface area contributed by atoms with Gasteiger partial charge in [-0.05, 0) is 18.1 Å². The van der Waals surface area contributed by atoms with Gasteiger partial charge in [0.1, 0.15) is 28.9 Å². The Kier molecular flexibility index (Phi) is 13.4. The number of allylic oxidation sites excluding steroid dienone is 1. The molecule has 0 bridgehead atoms. The van der Waals surface area contributed by atoms with E-state index in [1.165, 1.54) is 65.6 Å². The number of hydrogen-bond donors (Lipinski definition) is 1. The Morgan fingerprint density at radius 2 is 1.56 bits per heavy atom. The van der Waals surface area contributed by atoms with Crippen molar-refractivity contribution in [3.8, 4) is 17.2 Å². The summed E-state index contributed by atoms with van der Waals surface area (Å²) >= 11 is 0. The van der Waals surface area contributed by atoms with Crippen LogP contribution in [0.25, 0.3) is 0 Å². The van der Waals surface area contributed by atoms with Crippen molar-refractivity contribution in [1.82, 2.24) is 20.2 Å². The average molecular weight is 502 g/mol. The molecule has 36 heavy (non-hydrogen) atoms. The van der Waals surface area contributed by atoms with Crippen molar-refractivity contribution in [3.05, 3.63) is 30.6 Å².